The first-order valence-corrected chi connectivity index (χ1v) is 6.51. The number of halogens is 3. The molecule has 8 heteroatoms. The number of benzene rings is 1. The molecule has 1 aromatic carbocycles. The summed E-state index contributed by atoms with van der Waals surface area (Å²) >= 11 is 0. The Labute approximate surface area is 120 Å². The highest BCUT2D eigenvalue weighted by molar-refractivity contribution is 5.48. The molecular formula is C13H17F3N2O3. The summed E-state index contributed by atoms with van der Waals surface area (Å²) in [5.74, 6) is -0.00224. The van der Waals surface area contributed by atoms with Gasteiger partial charge < -0.3 is 10.1 Å². The summed E-state index contributed by atoms with van der Waals surface area (Å²) < 4.78 is 41.2. The number of nitrogens with one attached hydrogen (secondary N) is 1. The van der Waals surface area contributed by atoms with Crippen molar-refractivity contribution in [3.05, 3.63) is 33.9 Å². The minimum Gasteiger partial charge on any atom is -0.487 e. The summed E-state index contributed by atoms with van der Waals surface area (Å²) in [5, 5.41) is 13.9. The lowest BCUT2D eigenvalue weighted by molar-refractivity contribution is -0.385. The van der Waals surface area contributed by atoms with E-state index in [9.17, 15) is 23.3 Å². The van der Waals surface area contributed by atoms with E-state index in [1.54, 1.807) is 6.07 Å². The van der Waals surface area contributed by atoms with Gasteiger partial charge in [0.2, 0.25) is 0 Å². The minimum absolute atomic E-state index is 0.00224. The number of nitro groups is 1. The van der Waals surface area contributed by atoms with Gasteiger partial charge in [-0.25, -0.2) is 0 Å². The van der Waals surface area contributed by atoms with Crippen LogP contribution in [0.4, 0.5) is 18.9 Å². The maximum Gasteiger partial charge on any atom is 0.389 e. The summed E-state index contributed by atoms with van der Waals surface area (Å²) in [7, 11) is 0. The van der Waals surface area contributed by atoms with Gasteiger partial charge in [0.15, 0.2) is 5.75 Å². The van der Waals surface area contributed by atoms with Crippen molar-refractivity contribution in [1.82, 2.24) is 5.32 Å². The van der Waals surface area contributed by atoms with Gasteiger partial charge in [-0.2, -0.15) is 13.2 Å². The first-order valence-electron chi connectivity index (χ1n) is 6.51. The number of hydrogen-bond donors (Lipinski definition) is 1. The largest absolute Gasteiger partial charge is 0.487 e. The van der Waals surface area contributed by atoms with E-state index in [-0.39, 0.29) is 24.5 Å². The molecule has 1 N–H and O–H groups in total. The number of alkyl halides is 3. The maximum absolute atomic E-state index is 12.0. The van der Waals surface area contributed by atoms with Gasteiger partial charge in [-0.15, -0.1) is 0 Å². The third-order valence-corrected chi connectivity index (χ3v) is 2.66. The smallest absolute Gasteiger partial charge is 0.389 e. The van der Waals surface area contributed by atoms with Crippen molar-refractivity contribution in [1.29, 1.82) is 0 Å². The molecule has 1 aromatic rings. The molecule has 0 atom stereocenters. The summed E-state index contributed by atoms with van der Waals surface area (Å²) in [6, 6.07) is 4.36. The summed E-state index contributed by atoms with van der Waals surface area (Å²) in [6.45, 7) is 2.94. The average Bonchev–Trinajstić information content (AvgIpc) is 2.40. The summed E-state index contributed by atoms with van der Waals surface area (Å²) in [5.41, 5.74) is 0.524. The van der Waals surface area contributed by atoms with Gasteiger partial charge >= 0.3 is 11.9 Å². The fourth-order valence-electron chi connectivity index (χ4n) is 1.66. The van der Waals surface area contributed by atoms with Crippen LogP contribution in [-0.4, -0.2) is 24.3 Å². The van der Waals surface area contributed by atoms with Gasteiger partial charge in [0.25, 0.3) is 0 Å². The van der Waals surface area contributed by atoms with Crippen LogP contribution in [0.5, 0.6) is 5.75 Å². The van der Waals surface area contributed by atoms with Crippen LogP contribution in [0.2, 0.25) is 0 Å². The number of nitrogens with zero attached hydrogens (tertiary/aromatic N) is 1. The molecule has 1 rings (SSSR count). The Bertz CT molecular complexity index is 478. The zero-order valence-corrected chi connectivity index (χ0v) is 11.6. The third kappa shape index (κ3) is 6.44. The molecule has 0 heterocycles. The van der Waals surface area contributed by atoms with E-state index >= 15 is 0 Å². The predicted octanol–water partition coefficient (Wildman–Crippen LogP) is 3.43. The van der Waals surface area contributed by atoms with Crippen LogP contribution in [0, 0.1) is 10.1 Å². The molecule has 5 nitrogen and oxygen atoms in total. The van der Waals surface area contributed by atoms with E-state index in [1.807, 2.05) is 6.92 Å². The third-order valence-electron chi connectivity index (χ3n) is 2.66. The van der Waals surface area contributed by atoms with Crippen molar-refractivity contribution in [3.63, 3.8) is 0 Å². The fourth-order valence-corrected chi connectivity index (χ4v) is 1.66. The van der Waals surface area contributed by atoms with E-state index in [0.29, 0.717) is 6.54 Å². The highest BCUT2D eigenvalue weighted by atomic mass is 19.4. The Kier molecular flexibility index (Phi) is 6.41. The van der Waals surface area contributed by atoms with Crippen LogP contribution >= 0.6 is 0 Å². The van der Waals surface area contributed by atoms with E-state index in [4.69, 9.17) is 4.74 Å². The molecule has 0 unspecified atom stereocenters. The SMILES string of the molecule is CCNCc1ccc([N+](=O)[O-])c(OCCCC(F)(F)F)c1. The number of hydrogen-bond acceptors (Lipinski definition) is 4. The molecule has 118 valence electrons. The Hall–Kier alpha value is -1.83. The highest BCUT2D eigenvalue weighted by Crippen LogP contribution is 2.29. The molecule has 0 saturated heterocycles. The van der Waals surface area contributed by atoms with Crippen LogP contribution in [0.3, 0.4) is 0 Å². The van der Waals surface area contributed by atoms with Gasteiger partial charge in [0.1, 0.15) is 0 Å². The lowest BCUT2D eigenvalue weighted by Gasteiger charge is -2.10. The van der Waals surface area contributed by atoms with Crippen LogP contribution in [-0.2, 0) is 6.54 Å². The lowest BCUT2D eigenvalue weighted by Crippen LogP contribution is -2.12. The van der Waals surface area contributed by atoms with Gasteiger partial charge in [0.05, 0.1) is 11.5 Å². The first kappa shape index (κ1) is 17.2. The molecule has 0 saturated carbocycles. The molecule has 0 radical (unpaired) electrons. The van der Waals surface area contributed by atoms with E-state index in [2.05, 4.69) is 5.32 Å². The standard InChI is InChI=1S/C13H17F3N2O3/c1-2-17-9-10-4-5-11(18(19)20)12(8-10)21-7-3-6-13(14,15)16/h4-5,8,17H,2-3,6-7,9H2,1H3. The normalized spacial score (nSPS) is 11.4. The van der Waals surface area contributed by atoms with Gasteiger partial charge in [-0.1, -0.05) is 13.0 Å². The quantitative estimate of drug-likeness (QED) is 0.454. The van der Waals surface area contributed by atoms with E-state index < -0.39 is 17.5 Å². The summed E-state index contributed by atoms with van der Waals surface area (Å²) in [6.07, 6.45) is -5.46. The molecule has 0 aliphatic rings. The lowest BCUT2D eigenvalue weighted by atomic mass is 10.2. The Morgan fingerprint density at radius 3 is 2.67 bits per heavy atom. The number of ether oxygens (including phenoxy) is 1. The number of rotatable bonds is 8. The van der Waals surface area contributed by atoms with E-state index in [0.717, 1.165) is 12.1 Å². The molecule has 0 aromatic heterocycles. The zero-order valence-electron chi connectivity index (χ0n) is 11.6. The molecule has 0 fully saturated rings. The average molecular weight is 306 g/mol. The molecule has 0 aliphatic carbocycles. The second kappa shape index (κ2) is 7.82. The predicted molar refractivity (Wildman–Crippen MR) is 71.3 cm³/mol. The highest BCUT2D eigenvalue weighted by Gasteiger charge is 2.26. The first-order chi connectivity index (χ1) is 9.83. The van der Waals surface area contributed by atoms with Crippen molar-refractivity contribution in [2.24, 2.45) is 0 Å². The Morgan fingerprint density at radius 2 is 2.10 bits per heavy atom. The van der Waals surface area contributed by atoms with Gasteiger partial charge in [-0.05, 0) is 24.6 Å². The molecule has 0 aliphatic heterocycles. The fraction of sp³-hybridized carbons (Fsp3) is 0.538. The Balaban J connectivity index is 2.69. The van der Waals surface area contributed by atoms with Crippen LogP contribution in [0.15, 0.2) is 18.2 Å². The van der Waals surface area contributed by atoms with Gasteiger partial charge in [-0.3, -0.25) is 10.1 Å². The second-order valence-electron chi connectivity index (χ2n) is 4.41. The van der Waals surface area contributed by atoms with Gasteiger partial charge in [0, 0.05) is 19.0 Å². The number of nitro benzene ring substituents is 1. The molecule has 0 bridgehead atoms. The van der Waals surface area contributed by atoms with Crippen LogP contribution in [0.25, 0.3) is 0 Å². The van der Waals surface area contributed by atoms with Crippen molar-refractivity contribution in [2.45, 2.75) is 32.5 Å². The van der Waals surface area contributed by atoms with Crippen molar-refractivity contribution in [3.8, 4) is 5.75 Å². The zero-order chi connectivity index (χ0) is 15.9. The molecular weight excluding hydrogens is 289 g/mol. The molecule has 0 amide bonds. The maximum atomic E-state index is 12.0. The minimum atomic E-state index is -4.25. The van der Waals surface area contributed by atoms with Crippen LogP contribution < -0.4 is 10.1 Å². The van der Waals surface area contributed by atoms with Crippen molar-refractivity contribution in [2.75, 3.05) is 13.2 Å². The molecule has 0 spiro atoms. The molecule has 21 heavy (non-hydrogen) atoms. The van der Waals surface area contributed by atoms with E-state index in [1.165, 1.54) is 12.1 Å². The van der Waals surface area contributed by atoms with Crippen molar-refractivity contribution >= 4 is 5.69 Å². The summed E-state index contributed by atoms with van der Waals surface area (Å²) in [4.78, 5) is 10.3. The van der Waals surface area contributed by atoms with Crippen molar-refractivity contribution < 1.29 is 22.8 Å². The Morgan fingerprint density at radius 1 is 1.38 bits per heavy atom. The second-order valence-corrected chi connectivity index (χ2v) is 4.41. The monoisotopic (exact) mass is 306 g/mol. The topological polar surface area (TPSA) is 64.4 Å². The van der Waals surface area contributed by atoms with Crippen LogP contribution in [0.1, 0.15) is 25.3 Å².